The maximum atomic E-state index is 8.90. The van der Waals surface area contributed by atoms with E-state index in [2.05, 4.69) is 275 Å². The first-order valence-corrected chi connectivity index (χ1v) is 44.6. The third-order valence-corrected chi connectivity index (χ3v) is 26.9. The van der Waals surface area contributed by atoms with E-state index in [0.29, 0.717) is 45.8 Å². The van der Waals surface area contributed by atoms with Gasteiger partial charge in [0.1, 0.15) is 0 Å². The molecular formula is C120H76N8S2. The first-order valence-electron chi connectivity index (χ1n) is 47.9. The van der Waals surface area contributed by atoms with Crippen molar-refractivity contribution in [2.24, 2.45) is 0 Å². The van der Waals surface area contributed by atoms with Crippen LogP contribution >= 0.6 is 22.7 Å². The third-order valence-electron chi connectivity index (χ3n) is 24.3. The van der Waals surface area contributed by atoms with Crippen LogP contribution in [0, 0.1) is 0 Å². The first-order chi connectivity index (χ1) is 68.6. The molecule has 25 aromatic rings. The number of thiophene rings is 2. The van der Waals surface area contributed by atoms with Crippen molar-refractivity contribution >= 4 is 107 Å². The Labute approximate surface area is 772 Å². The van der Waals surface area contributed by atoms with Crippen molar-refractivity contribution in [2.45, 2.75) is 0 Å². The molecule has 0 saturated carbocycles. The molecule has 0 amide bonds. The summed E-state index contributed by atoms with van der Waals surface area (Å²) >= 11 is 3.43. The Balaban J connectivity index is 0.000000152. The Morgan fingerprint density at radius 3 is 0.931 bits per heavy atom. The lowest BCUT2D eigenvalue weighted by Gasteiger charge is -2.14. The molecule has 0 bridgehead atoms. The molecule has 6 heterocycles. The van der Waals surface area contributed by atoms with Crippen LogP contribution in [-0.2, 0) is 0 Å². The predicted octanol–water partition coefficient (Wildman–Crippen LogP) is 32.3. The third kappa shape index (κ3) is 14.1. The van der Waals surface area contributed by atoms with Gasteiger partial charge in [0.25, 0.3) is 0 Å². The Morgan fingerprint density at radius 2 is 0.454 bits per heavy atom. The van der Waals surface area contributed by atoms with Gasteiger partial charge in [-0.1, -0.05) is 400 Å². The van der Waals surface area contributed by atoms with Gasteiger partial charge >= 0.3 is 0 Å². The Morgan fingerprint density at radius 1 is 0.169 bits per heavy atom. The van der Waals surface area contributed by atoms with Crippen molar-refractivity contribution in [3.8, 4) is 158 Å². The summed E-state index contributed by atoms with van der Waals surface area (Å²) in [6, 6.07) is 135. The number of aromatic nitrogens is 8. The van der Waals surface area contributed by atoms with Gasteiger partial charge in [0.2, 0.25) is 0 Å². The van der Waals surface area contributed by atoms with Crippen molar-refractivity contribution in [3.63, 3.8) is 0 Å². The minimum Gasteiger partial charge on any atom is -0.309 e. The van der Waals surface area contributed by atoms with E-state index in [9.17, 15) is 0 Å². The van der Waals surface area contributed by atoms with E-state index < -0.39 is 24.2 Å². The molecule has 0 spiro atoms. The molecule has 6 aromatic heterocycles. The summed E-state index contributed by atoms with van der Waals surface area (Å²) in [6.45, 7) is 0. The van der Waals surface area contributed by atoms with Crippen LogP contribution in [0.3, 0.4) is 0 Å². The monoisotopic (exact) mass is 1700 g/mol. The van der Waals surface area contributed by atoms with E-state index in [-0.39, 0.29) is 53.2 Å². The highest BCUT2D eigenvalue weighted by Gasteiger charge is 2.25. The van der Waals surface area contributed by atoms with Crippen molar-refractivity contribution < 1.29 is 13.7 Å². The van der Waals surface area contributed by atoms with Gasteiger partial charge in [-0.2, -0.15) is 0 Å². The van der Waals surface area contributed by atoms with E-state index in [1.165, 1.54) is 47.6 Å². The summed E-state index contributed by atoms with van der Waals surface area (Å²) in [5.74, 6) is 2.44. The normalized spacial score (nSPS) is 12.6. The average Bonchev–Trinajstić information content (AvgIpc) is 1.57. The molecule has 0 unspecified atom stereocenters. The second-order valence-corrected chi connectivity index (χ2v) is 34.1. The number of nitrogens with zero attached hydrogens (tertiary/aromatic N) is 8. The summed E-state index contributed by atoms with van der Waals surface area (Å²) in [7, 11) is 0. The van der Waals surface area contributed by atoms with Crippen molar-refractivity contribution in [2.75, 3.05) is 0 Å². The average molecular weight is 1700 g/mol. The molecule has 0 aliphatic rings. The molecule has 0 N–H and O–H groups in total. The van der Waals surface area contributed by atoms with Crippen molar-refractivity contribution in [1.29, 1.82) is 0 Å². The van der Waals surface area contributed by atoms with E-state index in [0.717, 1.165) is 131 Å². The van der Waals surface area contributed by atoms with Gasteiger partial charge in [0.15, 0.2) is 34.9 Å². The Hall–Kier alpha value is -16.8. The fourth-order valence-electron chi connectivity index (χ4n) is 18.1. The lowest BCUT2D eigenvalue weighted by Crippen LogP contribution is -2.00. The van der Waals surface area contributed by atoms with Crippen LogP contribution in [0.4, 0.5) is 0 Å². The van der Waals surface area contributed by atoms with Gasteiger partial charge in [-0.05, 0) is 127 Å². The summed E-state index contributed by atoms with van der Waals surface area (Å²) in [4.78, 5) is 29.1. The van der Waals surface area contributed by atoms with Gasteiger partial charge in [-0.3, -0.25) is 0 Å². The molecule has 130 heavy (non-hydrogen) atoms. The van der Waals surface area contributed by atoms with E-state index in [1.807, 2.05) is 151 Å². The molecule has 0 fully saturated rings. The second kappa shape index (κ2) is 33.0. The molecule has 10 heteroatoms. The first kappa shape index (κ1) is 66.7. The number of rotatable bonds is 15. The van der Waals surface area contributed by atoms with Gasteiger partial charge in [0, 0.05) is 118 Å². The summed E-state index contributed by atoms with van der Waals surface area (Å²) in [5, 5.41) is 9.09. The molecule has 0 aliphatic heterocycles. The van der Waals surface area contributed by atoms with E-state index in [4.69, 9.17) is 38.6 Å². The molecule has 25 rings (SSSR count). The quantitative estimate of drug-likeness (QED) is 0.102. The zero-order valence-corrected chi connectivity index (χ0v) is 71.1. The standard InChI is InChI=1S/C63H40N4S.C57H36N4S/c1-5-17-41(18-6-1)48-35-36-53-52-27-13-14-30-57(52)67(58(53)38-48)50-39-55(60-56(40-50)54-29-16-28-51(59(54)68-60)43-19-7-2-8-20-43)49-26-15-25-47(37-49)42-31-33-46(34-32-42)63-65-61(44-21-9-3-10-22-44)64-62(66-63)45-23-11-4-12-24-45;1-4-16-38(17-5-1)45-26-15-27-48-50-36-44(61-51-28-12-10-24-46(51)47-25-11-13-29-52(47)61)35-49(54(50)62-53(45)48)39-32-30-37(31-33-39)42-22-14-23-43(34-42)57-59-55(40-18-6-2-7-19-40)58-56(60-57)41-20-8-3-9-21-41/h1-40H;1-36H/i3D,9D,10D,21D,22D;1D,4D,5D,16D,17D. The van der Waals surface area contributed by atoms with Crippen LogP contribution < -0.4 is 0 Å². The lowest BCUT2D eigenvalue weighted by molar-refractivity contribution is 1.07. The van der Waals surface area contributed by atoms with Gasteiger partial charge in [0.05, 0.1) is 35.8 Å². The Bertz CT molecular complexity index is 9140. The fourth-order valence-corrected chi connectivity index (χ4v) is 20.8. The number of para-hydroxylation sites is 3. The minimum absolute atomic E-state index is 0.000782. The van der Waals surface area contributed by atoms with E-state index in [1.54, 1.807) is 11.3 Å². The molecule has 19 aromatic carbocycles. The van der Waals surface area contributed by atoms with Crippen molar-refractivity contribution in [3.05, 3.63) is 461 Å². The number of fused-ring (bicyclic) bond motifs is 12. The van der Waals surface area contributed by atoms with Crippen molar-refractivity contribution in [1.82, 2.24) is 39.0 Å². The summed E-state index contributed by atoms with van der Waals surface area (Å²) < 4.78 is 94.5. The highest BCUT2D eigenvalue weighted by molar-refractivity contribution is 7.27. The van der Waals surface area contributed by atoms with Crippen LogP contribution in [-0.4, -0.2) is 39.0 Å². The van der Waals surface area contributed by atoms with Crippen LogP contribution in [0.25, 0.3) is 242 Å². The van der Waals surface area contributed by atoms with Gasteiger partial charge < -0.3 is 9.13 Å². The lowest BCUT2D eigenvalue weighted by atomic mass is 9.96. The SMILES string of the molecule is [2H]c1c([2H])c([2H])c(-c2cccc3c2sc2c(-c4ccc(-c5cccc(-c6nc(-c7ccccc7)nc(-c7ccccc7)n6)c5)cc4)cc(-n4c5ccccc5c5ccccc54)cc23)c([2H])c1[2H].[2H]c1c([2H])c([2H])c(-c2nc(-c3ccccc3)nc(-c3ccc(-c4cccc(-c5cc(-n6c7ccccc7c7ccc(-c8ccccc8)cc76)cc6c5sc5c(-c7ccccc7)cccc56)c4)cc3)n2)c([2H])c1[2H]. The second-order valence-electron chi connectivity index (χ2n) is 32.0. The molecular weight excluding hydrogens is 1620 g/mol. The minimum atomic E-state index is -0.477. The fraction of sp³-hybridized carbons (Fsp3) is 0. The summed E-state index contributed by atoms with van der Waals surface area (Å²) in [6.07, 6.45) is 0. The number of benzene rings is 19. The Kier molecular flexibility index (Phi) is 16.9. The van der Waals surface area contributed by atoms with Gasteiger partial charge in [-0.15, -0.1) is 22.7 Å². The largest absolute Gasteiger partial charge is 0.309 e. The predicted molar refractivity (Wildman–Crippen MR) is 545 cm³/mol. The van der Waals surface area contributed by atoms with Crippen LogP contribution in [0.2, 0.25) is 0 Å². The van der Waals surface area contributed by atoms with Crippen LogP contribution in [0.5, 0.6) is 0 Å². The topological polar surface area (TPSA) is 87.2 Å². The molecule has 0 saturated heterocycles. The zero-order valence-electron chi connectivity index (χ0n) is 79.5. The molecule has 608 valence electrons. The summed E-state index contributed by atoms with van der Waals surface area (Å²) in [5.41, 5.74) is 24.4. The molecule has 0 aliphatic carbocycles. The highest BCUT2D eigenvalue weighted by Crippen LogP contribution is 2.50. The maximum Gasteiger partial charge on any atom is 0.164 e. The van der Waals surface area contributed by atoms with Gasteiger partial charge in [-0.25, -0.2) is 29.9 Å². The molecule has 8 nitrogen and oxygen atoms in total. The maximum absolute atomic E-state index is 8.90. The van der Waals surface area contributed by atoms with E-state index >= 15 is 0 Å². The molecule has 0 radical (unpaired) electrons. The zero-order chi connectivity index (χ0) is 94.7. The van der Waals surface area contributed by atoms with Crippen LogP contribution in [0.1, 0.15) is 13.7 Å². The van der Waals surface area contributed by atoms with Crippen LogP contribution in [0.15, 0.2) is 461 Å². The number of hydrogen-bond acceptors (Lipinski definition) is 8. The molecule has 0 atom stereocenters. The smallest absolute Gasteiger partial charge is 0.164 e. The highest BCUT2D eigenvalue weighted by atomic mass is 32.1. The number of hydrogen-bond donors (Lipinski definition) is 0.